The minimum atomic E-state index is -0.876. The van der Waals surface area contributed by atoms with Crippen LogP contribution >= 0.6 is 11.3 Å². The number of aryl methyl sites for hydroxylation is 1. The molecule has 0 unspecified atom stereocenters. The number of carbonyl (C=O) groups is 1. The highest BCUT2D eigenvalue weighted by atomic mass is 32.1. The summed E-state index contributed by atoms with van der Waals surface area (Å²) in [5, 5.41) is 12.6. The van der Waals surface area contributed by atoms with Crippen LogP contribution in [0.3, 0.4) is 0 Å². The zero-order valence-electron chi connectivity index (χ0n) is 19.0. The smallest absolute Gasteiger partial charge is 0.439 e. The third-order valence-electron chi connectivity index (χ3n) is 5.56. The zero-order chi connectivity index (χ0) is 25.6. The molecule has 5 N–H and O–H groups in total. The van der Waals surface area contributed by atoms with Crippen LogP contribution in [0.1, 0.15) is 26.6 Å². The second kappa shape index (κ2) is 8.64. The molecule has 36 heavy (non-hydrogen) atoms. The molecule has 0 bridgehead atoms. The number of methoxy groups -OCH3 is 1. The molecule has 0 fully saturated rings. The Balaban J connectivity index is 1.73. The van der Waals surface area contributed by atoms with E-state index in [4.69, 9.17) is 20.7 Å². The minimum Gasteiger partial charge on any atom is -0.497 e. The third-order valence-corrected chi connectivity index (χ3v) is 6.66. The molecule has 11 nitrogen and oxygen atoms in total. The largest absolute Gasteiger partial charge is 0.497 e. The number of hydrogen-bond acceptors (Lipinski definition) is 10. The van der Waals surface area contributed by atoms with Crippen molar-refractivity contribution in [3.8, 4) is 28.8 Å². The number of fused-ring (bicyclic) bond motifs is 1. The maximum Gasteiger partial charge on any atom is 0.439 e. The van der Waals surface area contributed by atoms with E-state index in [1.54, 1.807) is 36.4 Å². The van der Waals surface area contributed by atoms with Gasteiger partial charge in [-0.25, -0.2) is 9.78 Å². The minimum absolute atomic E-state index is 0.0157. The van der Waals surface area contributed by atoms with Crippen molar-refractivity contribution in [2.45, 2.75) is 6.92 Å². The zero-order valence-corrected chi connectivity index (χ0v) is 19.8. The highest BCUT2D eigenvalue weighted by Gasteiger charge is 2.35. The van der Waals surface area contributed by atoms with E-state index in [0.717, 1.165) is 17.0 Å². The van der Waals surface area contributed by atoms with Gasteiger partial charge in [0.15, 0.2) is 0 Å². The Morgan fingerprint density at radius 1 is 1.19 bits per heavy atom. The van der Waals surface area contributed by atoms with Crippen molar-refractivity contribution in [1.82, 2.24) is 15.2 Å². The van der Waals surface area contributed by atoms with E-state index in [2.05, 4.69) is 21.3 Å². The number of nitrogens with two attached hydrogens (primary N) is 2. The van der Waals surface area contributed by atoms with E-state index in [1.807, 2.05) is 13.0 Å². The van der Waals surface area contributed by atoms with Gasteiger partial charge in [-0.1, -0.05) is 6.07 Å². The van der Waals surface area contributed by atoms with Crippen LogP contribution in [-0.2, 0) is 0 Å². The first-order valence-corrected chi connectivity index (χ1v) is 11.3. The first-order valence-electron chi connectivity index (χ1n) is 10.5. The van der Waals surface area contributed by atoms with Gasteiger partial charge in [-0.3, -0.25) is 14.3 Å². The van der Waals surface area contributed by atoms with Crippen LogP contribution in [0.2, 0.25) is 0 Å². The summed E-state index contributed by atoms with van der Waals surface area (Å²) in [6.07, 6.45) is 0. The van der Waals surface area contributed by atoms with E-state index < -0.39 is 11.4 Å². The van der Waals surface area contributed by atoms with Crippen LogP contribution in [0.25, 0.3) is 27.2 Å². The summed E-state index contributed by atoms with van der Waals surface area (Å²) in [6.45, 7) is 1.81. The standard InChI is InChI=1S/C24H17N7O4S/c1-11-4-3-5-15(28-11)16-14(10-25)22(27)29-23-17(16)18(26)21(36-23)20(32)19-24(33)35-30-31(19)12-6-8-13(34-2)9-7-12/h3-9H,1-2H3,(H4-,26,27,29,30,32,33)/p+1. The molecule has 0 radical (unpaired) electrons. The molecular weight excluding hydrogens is 482 g/mol. The Hall–Kier alpha value is -5.02. The van der Waals surface area contributed by atoms with E-state index in [-0.39, 0.29) is 27.6 Å². The van der Waals surface area contributed by atoms with E-state index in [1.165, 1.54) is 11.8 Å². The lowest BCUT2D eigenvalue weighted by atomic mass is 10.0. The molecular formula is C24H18N7O4S+. The lowest BCUT2D eigenvalue weighted by Gasteiger charge is -2.09. The summed E-state index contributed by atoms with van der Waals surface area (Å²) in [4.78, 5) is 35.4. The Morgan fingerprint density at radius 2 is 1.94 bits per heavy atom. The molecule has 0 saturated carbocycles. The Kier molecular flexibility index (Phi) is 5.46. The normalized spacial score (nSPS) is 10.9. The quantitative estimate of drug-likeness (QED) is 0.241. The number of pyridine rings is 2. The molecule has 1 aromatic carbocycles. The Morgan fingerprint density at radius 3 is 2.61 bits per heavy atom. The van der Waals surface area contributed by atoms with E-state index in [9.17, 15) is 14.9 Å². The monoisotopic (exact) mass is 500 g/mol. The highest BCUT2D eigenvalue weighted by molar-refractivity contribution is 7.21. The average molecular weight is 501 g/mol. The van der Waals surface area contributed by atoms with Crippen molar-refractivity contribution in [2.75, 3.05) is 18.6 Å². The predicted molar refractivity (Wildman–Crippen MR) is 132 cm³/mol. The summed E-state index contributed by atoms with van der Waals surface area (Å²) in [6, 6.07) is 14.0. The van der Waals surface area contributed by atoms with Crippen LogP contribution in [0.15, 0.2) is 51.8 Å². The van der Waals surface area contributed by atoms with Gasteiger partial charge >= 0.3 is 11.3 Å². The first kappa shape index (κ1) is 22.8. The van der Waals surface area contributed by atoms with Gasteiger partial charge in [-0.15, -0.1) is 11.3 Å². The fraction of sp³-hybridized carbons (Fsp3) is 0.0833. The maximum atomic E-state index is 13.6. The second-order valence-corrected chi connectivity index (χ2v) is 8.74. The second-order valence-electron chi connectivity index (χ2n) is 7.74. The van der Waals surface area contributed by atoms with Gasteiger partial charge in [0, 0.05) is 28.8 Å². The molecule has 0 aliphatic rings. The molecule has 0 amide bonds. The Bertz CT molecular complexity index is 1760. The Labute approximate surface area is 207 Å². The lowest BCUT2D eigenvalue weighted by molar-refractivity contribution is -0.672. The summed E-state index contributed by atoms with van der Waals surface area (Å²) in [7, 11) is 1.53. The number of nitrogens with one attached hydrogen (secondary N) is 1. The topological polar surface area (TPSA) is 178 Å². The van der Waals surface area contributed by atoms with Crippen LogP contribution in [-0.4, -0.2) is 28.1 Å². The number of anilines is 2. The predicted octanol–water partition coefficient (Wildman–Crippen LogP) is 2.50. The number of aromatic nitrogens is 4. The van der Waals surface area contributed by atoms with Gasteiger partial charge in [0.2, 0.25) is 5.69 Å². The van der Waals surface area contributed by atoms with Crippen LogP contribution in [0.5, 0.6) is 5.75 Å². The number of hydrogen-bond donors (Lipinski definition) is 3. The average Bonchev–Trinajstić information content (AvgIpc) is 3.42. The third kappa shape index (κ3) is 3.55. The molecule has 0 aliphatic carbocycles. The van der Waals surface area contributed by atoms with E-state index >= 15 is 0 Å². The molecule has 178 valence electrons. The fourth-order valence-corrected chi connectivity index (χ4v) is 4.93. The number of ether oxygens (including phenoxy) is 1. The number of nitrogens with zero attached hydrogens (tertiary/aromatic N) is 4. The van der Waals surface area contributed by atoms with Gasteiger partial charge in [0.05, 0.1) is 18.5 Å². The summed E-state index contributed by atoms with van der Waals surface area (Å²) < 4.78 is 11.3. The van der Waals surface area contributed by atoms with Crippen LogP contribution < -0.4 is 26.5 Å². The summed E-state index contributed by atoms with van der Waals surface area (Å²) in [5.41, 5.74) is 13.6. The number of H-pyrrole nitrogens is 1. The number of carbonyl (C=O) groups excluding carboxylic acids is 1. The summed E-state index contributed by atoms with van der Waals surface area (Å²) >= 11 is 0.965. The molecule has 0 atom stereocenters. The number of nitriles is 1. The van der Waals surface area contributed by atoms with Crippen molar-refractivity contribution < 1.29 is 18.7 Å². The van der Waals surface area contributed by atoms with Crippen LogP contribution in [0.4, 0.5) is 11.5 Å². The van der Waals surface area contributed by atoms with Gasteiger partial charge in [0.25, 0.3) is 5.78 Å². The molecule has 5 aromatic rings. The number of thiophene rings is 1. The van der Waals surface area contributed by atoms with Crippen molar-refractivity contribution >= 4 is 38.8 Å². The number of aromatic amines is 1. The lowest BCUT2D eigenvalue weighted by Crippen LogP contribution is -2.41. The summed E-state index contributed by atoms with van der Waals surface area (Å²) in [5.74, 6) is -0.0966. The van der Waals surface area contributed by atoms with Gasteiger partial charge < -0.3 is 16.2 Å². The SMILES string of the molecule is COc1ccc(-[n+]2[nH]oc(=O)c2C(=O)c2sc3nc(N)c(C#N)c(-c4cccc(C)n4)c3c2N)cc1. The molecule has 4 aromatic heterocycles. The molecule has 4 heterocycles. The number of nitrogen functional groups attached to an aromatic ring is 2. The van der Waals surface area contributed by atoms with Crippen LogP contribution in [0, 0.1) is 18.3 Å². The van der Waals surface area contributed by atoms with E-state index in [0.29, 0.717) is 32.9 Å². The molecule has 5 rings (SSSR count). The van der Waals surface area contributed by atoms with Crippen molar-refractivity contribution in [2.24, 2.45) is 0 Å². The van der Waals surface area contributed by atoms with Crippen molar-refractivity contribution in [1.29, 1.82) is 5.26 Å². The van der Waals surface area contributed by atoms with Gasteiger partial charge in [0.1, 0.15) is 32.9 Å². The maximum absolute atomic E-state index is 13.6. The van der Waals surface area contributed by atoms with Gasteiger partial charge in [-0.05, 0) is 41.1 Å². The van der Waals surface area contributed by atoms with Crippen molar-refractivity contribution in [3.63, 3.8) is 0 Å². The number of benzene rings is 1. The highest BCUT2D eigenvalue weighted by Crippen LogP contribution is 2.42. The van der Waals surface area contributed by atoms with Gasteiger partial charge in [-0.2, -0.15) is 5.26 Å². The molecule has 12 heteroatoms. The fourth-order valence-electron chi connectivity index (χ4n) is 3.88. The number of ketones is 1. The molecule has 0 spiro atoms. The number of rotatable bonds is 5. The van der Waals surface area contributed by atoms with Crippen molar-refractivity contribution in [3.05, 3.63) is 74.7 Å². The first-order chi connectivity index (χ1) is 17.3. The molecule has 0 saturated heterocycles. The molecule has 0 aliphatic heterocycles.